The molecule has 9 heteroatoms. The van der Waals surface area contributed by atoms with E-state index in [9.17, 15) is 9.59 Å². The number of nitrogens with zero attached hydrogens (tertiary/aromatic N) is 4. The number of carbonyl (C=O) groups is 2. The van der Waals surface area contributed by atoms with E-state index in [1.54, 1.807) is 4.90 Å². The van der Waals surface area contributed by atoms with Gasteiger partial charge in [0.1, 0.15) is 11.8 Å². The number of ether oxygens (including phenoxy) is 1. The van der Waals surface area contributed by atoms with Gasteiger partial charge in [-0.25, -0.2) is 0 Å². The van der Waals surface area contributed by atoms with Crippen molar-refractivity contribution in [3.63, 3.8) is 0 Å². The summed E-state index contributed by atoms with van der Waals surface area (Å²) in [4.78, 5) is 35.5. The number of rotatable bonds is 13. The molecule has 232 valence electrons. The Morgan fingerprint density at radius 3 is 2.27 bits per heavy atom. The third-order valence-electron chi connectivity index (χ3n) is 8.19. The van der Waals surface area contributed by atoms with E-state index in [1.165, 1.54) is 5.56 Å². The van der Waals surface area contributed by atoms with Gasteiger partial charge in [-0.15, -0.1) is 0 Å². The second kappa shape index (κ2) is 15.3. The molecule has 0 radical (unpaired) electrons. The van der Waals surface area contributed by atoms with Crippen LogP contribution in [0.25, 0.3) is 0 Å². The average molecular weight is 614 g/mol. The maximum Gasteiger partial charge on any atom is 0.256 e. The zero-order chi connectivity index (χ0) is 30.9. The van der Waals surface area contributed by atoms with E-state index in [2.05, 4.69) is 52.4 Å². The van der Waals surface area contributed by atoms with Gasteiger partial charge in [-0.05, 0) is 80.5 Å². The Hall–Kier alpha value is -3.79. The monoisotopic (exact) mass is 613 g/mol. The first-order valence-corrected chi connectivity index (χ1v) is 16.0. The number of thiocarbonyl (C=S) groups is 1. The van der Waals surface area contributed by atoms with Crippen molar-refractivity contribution in [1.82, 2.24) is 14.7 Å². The van der Waals surface area contributed by atoms with Gasteiger partial charge < -0.3 is 19.9 Å². The molecule has 0 bridgehead atoms. The summed E-state index contributed by atoms with van der Waals surface area (Å²) in [5.41, 5.74) is 3.85. The topological polar surface area (TPSA) is 68.4 Å². The van der Waals surface area contributed by atoms with Crippen LogP contribution in [0.3, 0.4) is 0 Å². The number of hydrogen-bond acceptors (Lipinski definition) is 6. The summed E-state index contributed by atoms with van der Waals surface area (Å²) in [5.74, 6) is 0.379. The molecular weight excluding hydrogens is 570 g/mol. The van der Waals surface area contributed by atoms with Crippen molar-refractivity contribution in [3.8, 4) is 5.75 Å². The molecule has 2 amide bonds. The number of benzene rings is 3. The van der Waals surface area contributed by atoms with Crippen molar-refractivity contribution >= 4 is 40.5 Å². The van der Waals surface area contributed by atoms with Crippen molar-refractivity contribution in [3.05, 3.63) is 90.0 Å². The van der Waals surface area contributed by atoms with E-state index in [1.807, 2.05) is 60.4 Å². The Morgan fingerprint density at radius 2 is 1.59 bits per heavy atom. The quantitative estimate of drug-likeness (QED) is 0.262. The highest BCUT2D eigenvalue weighted by Gasteiger charge is 2.43. The number of carbonyl (C=O) groups excluding carboxylic acids is 2. The Labute approximate surface area is 266 Å². The lowest BCUT2D eigenvalue weighted by atomic mass is 10.1. The average Bonchev–Trinajstić information content (AvgIpc) is 3.26. The molecule has 8 nitrogen and oxygen atoms in total. The summed E-state index contributed by atoms with van der Waals surface area (Å²) >= 11 is 5.88. The summed E-state index contributed by atoms with van der Waals surface area (Å²) in [6.45, 7) is 11.3. The molecule has 2 heterocycles. The van der Waals surface area contributed by atoms with Crippen LogP contribution in [0.1, 0.15) is 37.3 Å². The molecule has 1 atom stereocenters. The van der Waals surface area contributed by atoms with E-state index in [4.69, 9.17) is 17.0 Å². The van der Waals surface area contributed by atoms with Gasteiger partial charge in [-0.3, -0.25) is 19.4 Å². The van der Waals surface area contributed by atoms with Crippen molar-refractivity contribution in [1.29, 1.82) is 0 Å². The Bertz CT molecular complexity index is 1390. The van der Waals surface area contributed by atoms with Crippen LogP contribution in [0, 0.1) is 6.92 Å². The van der Waals surface area contributed by atoms with E-state index >= 15 is 0 Å². The van der Waals surface area contributed by atoms with Gasteiger partial charge in [0.2, 0.25) is 5.91 Å². The predicted octanol–water partition coefficient (Wildman–Crippen LogP) is 5.32. The SMILES string of the molecule is CCCOc1ccc(NC(=O)C[C@@H]2C(=O)N(c3ccc(C)cc3)C(=S)N2CCCN2CCN(Cc3ccccc3)CC2)cc1. The van der Waals surface area contributed by atoms with Crippen LogP contribution < -0.4 is 15.0 Å². The molecule has 0 spiro atoms. The molecule has 2 aliphatic rings. The third-order valence-corrected chi connectivity index (χ3v) is 8.60. The Balaban J connectivity index is 1.19. The molecule has 0 saturated carbocycles. The van der Waals surface area contributed by atoms with Crippen molar-refractivity contribution in [2.45, 2.75) is 45.7 Å². The van der Waals surface area contributed by atoms with Gasteiger partial charge >= 0.3 is 0 Å². The number of piperazine rings is 1. The third kappa shape index (κ3) is 8.22. The van der Waals surface area contributed by atoms with Crippen LogP contribution in [0.4, 0.5) is 11.4 Å². The van der Waals surface area contributed by atoms with Gasteiger partial charge in [0.15, 0.2) is 5.11 Å². The summed E-state index contributed by atoms with van der Waals surface area (Å²) in [6, 6.07) is 25.1. The molecule has 2 aliphatic heterocycles. The molecule has 3 aromatic carbocycles. The number of hydrogen-bond donors (Lipinski definition) is 1. The highest BCUT2D eigenvalue weighted by Crippen LogP contribution is 2.28. The van der Waals surface area contributed by atoms with Crippen molar-refractivity contribution in [2.24, 2.45) is 0 Å². The van der Waals surface area contributed by atoms with E-state index < -0.39 is 6.04 Å². The van der Waals surface area contributed by atoms with Gasteiger partial charge in [0.05, 0.1) is 18.7 Å². The summed E-state index contributed by atoms with van der Waals surface area (Å²) in [6.07, 6.45) is 1.80. The van der Waals surface area contributed by atoms with E-state index in [0.717, 1.165) is 69.1 Å². The molecule has 0 aliphatic carbocycles. The van der Waals surface area contributed by atoms with Crippen LogP contribution in [-0.2, 0) is 16.1 Å². The molecule has 1 N–H and O–H groups in total. The van der Waals surface area contributed by atoms with Crippen LogP contribution in [0.15, 0.2) is 78.9 Å². The standard InChI is InChI=1S/C35H43N5O3S/c1-3-24-43-31-16-12-29(13-17-31)36-33(41)25-32-34(42)40(30-14-10-27(2)11-15-30)35(44)39(32)19-7-18-37-20-22-38(23-21-37)26-28-8-5-4-6-9-28/h4-6,8-17,32H,3,7,18-26H2,1-2H3,(H,36,41)/t32-/m1/s1. The first kappa shape index (κ1) is 31.6. The normalized spacial score (nSPS) is 17.7. The van der Waals surface area contributed by atoms with Crippen LogP contribution in [-0.4, -0.2) is 83.5 Å². The fourth-order valence-electron chi connectivity index (χ4n) is 5.74. The van der Waals surface area contributed by atoms with E-state index in [-0.39, 0.29) is 18.2 Å². The number of nitrogens with one attached hydrogen (secondary N) is 1. The molecule has 0 aromatic heterocycles. The van der Waals surface area contributed by atoms with Gasteiger partial charge in [-0.1, -0.05) is 55.0 Å². The van der Waals surface area contributed by atoms with Gasteiger partial charge in [0.25, 0.3) is 5.91 Å². The maximum absolute atomic E-state index is 13.8. The second-order valence-electron chi connectivity index (χ2n) is 11.6. The van der Waals surface area contributed by atoms with Crippen LogP contribution >= 0.6 is 12.2 Å². The molecule has 0 unspecified atom stereocenters. The Morgan fingerprint density at radius 1 is 0.909 bits per heavy atom. The lowest BCUT2D eigenvalue weighted by Gasteiger charge is -2.35. The molecule has 2 saturated heterocycles. The minimum Gasteiger partial charge on any atom is -0.494 e. The van der Waals surface area contributed by atoms with Crippen molar-refractivity contribution < 1.29 is 14.3 Å². The molecule has 2 fully saturated rings. The largest absolute Gasteiger partial charge is 0.494 e. The highest BCUT2D eigenvalue weighted by atomic mass is 32.1. The lowest BCUT2D eigenvalue weighted by molar-refractivity contribution is -0.124. The lowest BCUT2D eigenvalue weighted by Crippen LogP contribution is -2.47. The second-order valence-corrected chi connectivity index (χ2v) is 11.9. The van der Waals surface area contributed by atoms with E-state index in [0.29, 0.717) is 24.0 Å². The number of anilines is 2. The zero-order valence-electron chi connectivity index (χ0n) is 25.8. The fourth-order valence-corrected chi connectivity index (χ4v) is 6.15. The molecule has 5 rings (SSSR count). The molecule has 44 heavy (non-hydrogen) atoms. The Kier molecular flexibility index (Phi) is 11.0. The number of aryl methyl sites for hydroxylation is 1. The first-order chi connectivity index (χ1) is 21.4. The summed E-state index contributed by atoms with van der Waals surface area (Å²) in [5, 5.41) is 3.41. The first-order valence-electron chi connectivity index (χ1n) is 15.6. The molecular formula is C35H43N5O3S. The van der Waals surface area contributed by atoms with Gasteiger partial charge in [-0.2, -0.15) is 0 Å². The predicted molar refractivity (Wildman–Crippen MR) is 180 cm³/mol. The fraction of sp³-hybridized carbons (Fsp3) is 0.400. The van der Waals surface area contributed by atoms with Crippen LogP contribution in [0.2, 0.25) is 0 Å². The number of amides is 2. The minimum absolute atomic E-state index is 0.0214. The molecule has 3 aromatic rings. The van der Waals surface area contributed by atoms with Crippen LogP contribution in [0.5, 0.6) is 5.75 Å². The minimum atomic E-state index is -0.654. The summed E-state index contributed by atoms with van der Waals surface area (Å²) in [7, 11) is 0. The summed E-state index contributed by atoms with van der Waals surface area (Å²) < 4.78 is 5.64. The zero-order valence-corrected chi connectivity index (χ0v) is 26.6. The highest BCUT2D eigenvalue weighted by molar-refractivity contribution is 7.80. The van der Waals surface area contributed by atoms with Gasteiger partial charge in [0, 0.05) is 45.0 Å². The smallest absolute Gasteiger partial charge is 0.256 e. The maximum atomic E-state index is 13.8. The van der Waals surface area contributed by atoms with Crippen molar-refractivity contribution in [2.75, 3.05) is 56.1 Å².